The number of allylic oxidation sites excluding steroid dienone is 3. The maximum Gasteiger partial charge on any atom is 0.338 e. The summed E-state index contributed by atoms with van der Waals surface area (Å²) in [5.74, 6) is -0.222. The van der Waals surface area contributed by atoms with Crippen LogP contribution in [0.4, 0.5) is 0 Å². The van der Waals surface area contributed by atoms with Crippen molar-refractivity contribution in [3.8, 4) is 0 Å². The maximum atomic E-state index is 12.1. The van der Waals surface area contributed by atoms with E-state index in [4.69, 9.17) is 4.74 Å². The highest BCUT2D eigenvalue weighted by Gasteiger charge is 2.69. The van der Waals surface area contributed by atoms with Crippen molar-refractivity contribution in [2.75, 3.05) is 6.61 Å². The number of hydrogen-bond acceptors (Lipinski definition) is 2. The second-order valence-electron chi connectivity index (χ2n) is 10.1. The van der Waals surface area contributed by atoms with Crippen molar-refractivity contribution in [2.24, 2.45) is 16.2 Å². The van der Waals surface area contributed by atoms with Crippen LogP contribution in [0.3, 0.4) is 0 Å². The summed E-state index contributed by atoms with van der Waals surface area (Å²) >= 11 is 0. The fourth-order valence-electron chi connectivity index (χ4n) is 5.47. The second-order valence-corrected chi connectivity index (χ2v) is 10.1. The molecule has 2 aliphatic carbocycles. The third-order valence-electron chi connectivity index (χ3n) is 7.51. The Morgan fingerprint density at radius 2 is 1.83 bits per heavy atom. The van der Waals surface area contributed by atoms with Gasteiger partial charge in [-0.25, -0.2) is 4.79 Å². The van der Waals surface area contributed by atoms with Crippen LogP contribution in [0.25, 0.3) is 6.08 Å². The van der Waals surface area contributed by atoms with Crippen molar-refractivity contribution in [1.82, 2.24) is 0 Å². The molecule has 2 saturated carbocycles. The fraction of sp³-hybridized carbons (Fsp3) is 0.593. The van der Waals surface area contributed by atoms with Gasteiger partial charge in [-0.2, -0.15) is 0 Å². The average molecular weight is 395 g/mol. The molecule has 0 aromatic heterocycles. The van der Waals surface area contributed by atoms with Gasteiger partial charge in [-0.3, -0.25) is 0 Å². The van der Waals surface area contributed by atoms with Gasteiger partial charge in [0.2, 0.25) is 0 Å². The van der Waals surface area contributed by atoms with Crippen molar-refractivity contribution >= 4 is 12.0 Å². The number of benzene rings is 1. The van der Waals surface area contributed by atoms with Gasteiger partial charge < -0.3 is 4.74 Å². The summed E-state index contributed by atoms with van der Waals surface area (Å²) in [6.07, 6.45) is 15.5. The lowest BCUT2D eigenvalue weighted by atomic mass is 9.63. The van der Waals surface area contributed by atoms with Gasteiger partial charge in [-0.05, 0) is 66.5 Å². The van der Waals surface area contributed by atoms with Crippen LogP contribution in [0.1, 0.15) is 95.5 Å². The Balaban J connectivity index is 1.62. The molecule has 2 unspecified atom stereocenters. The quantitative estimate of drug-likeness (QED) is 0.258. The van der Waals surface area contributed by atoms with E-state index in [0.29, 0.717) is 28.4 Å². The first-order valence-corrected chi connectivity index (χ1v) is 11.4. The number of hydrogen-bond donors (Lipinski definition) is 0. The van der Waals surface area contributed by atoms with E-state index in [9.17, 15) is 4.79 Å². The van der Waals surface area contributed by atoms with Crippen LogP contribution in [0.2, 0.25) is 0 Å². The molecule has 0 spiro atoms. The van der Waals surface area contributed by atoms with Crippen LogP contribution in [-0.4, -0.2) is 12.6 Å². The monoisotopic (exact) mass is 394 g/mol. The van der Waals surface area contributed by atoms with Gasteiger partial charge in [0, 0.05) is 0 Å². The van der Waals surface area contributed by atoms with Gasteiger partial charge >= 0.3 is 5.97 Å². The Morgan fingerprint density at radius 3 is 2.48 bits per heavy atom. The number of carbonyl (C=O) groups excluding carboxylic acids is 1. The van der Waals surface area contributed by atoms with Gasteiger partial charge in [0.1, 0.15) is 0 Å². The number of rotatable bonds is 8. The minimum atomic E-state index is -0.222. The standard InChI is InChI=1S/C27H38O2/c1-6-7-8-18-29-24(28)23-12-10-22(11-13-23)19-21(2)14-17-27-20-26(27,5)16-9-15-25(27,3)4/h10-14,17,19H,6-9,15-16,18,20H2,1-5H3/b17-14?,21-19+. The first-order valence-electron chi connectivity index (χ1n) is 11.4. The second kappa shape index (κ2) is 8.50. The summed E-state index contributed by atoms with van der Waals surface area (Å²) in [5, 5.41) is 0. The molecular formula is C27H38O2. The molecule has 29 heavy (non-hydrogen) atoms. The molecule has 2 aliphatic rings. The lowest BCUT2D eigenvalue weighted by Gasteiger charge is -2.41. The summed E-state index contributed by atoms with van der Waals surface area (Å²) in [4.78, 5) is 12.1. The van der Waals surface area contributed by atoms with Crippen LogP contribution in [-0.2, 0) is 4.74 Å². The summed E-state index contributed by atoms with van der Waals surface area (Å²) in [7, 11) is 0. The SMILES string of the molecule is CCCCCOC(=O)c1ccc(/C=C(\C)C=CC23CC2(C)CCCC3(C)C)cc1. The largest absolute Gasteiger partial charge is 0.462 e. The molecule has 0 aliphatic heterocycles. The molecule has 1 aromatic rings. The predicted octanol–water partition coefficient (Wildman–Crippen LogP) is 7.60. The van der Waals surface area contributed by atoms with Crippen LogP contribution in [0.15, 0.2) is 42.0 Å². The Labute approximate surface area is 177 Å². The van der Waals surface area contributed by atoms with E-state index in [1.807, 2.05) is 24.3 Å². The highest BCUT2D eigenvalue weighted by atomic mass is 16.5. The smallest absolute Gasteiger partial charge is 0.338 e. The Morgan fingerprint density at radius 1 is 1.10 bits per heavy atom. The van der Waals surface area contributed by atoms with Gasteiger partial charge in [0.15, 0.2) is 0 Å². The third kappa shape index (κ3) is 4.52. The van der Waals surface area contributed by atoms with E-state index in [0.717, 1.165) is 24.8 Å². The lowest BCUT2D eigenvalue weighted by molar-refractivity contribution is 0.0498. The third-order valence-corrected chi connectivity index (χ3v) is 7.51. The molecule has 0 N–H and O–H groups in total. The van der Waals surface area contributed by atoms with Crippen LogP contribution in [0, 0.1) is 16.2 Å². The van der Waals surface area contributed by atoms with Gasteiger partial charge in [0.25, 0.3) is 0 Å². The highest BCUT2D eigenvalue weighted by Crippen LogP contribution is 2.78. The topological polar surface area (TPSA) is 26.3 Å². The molecule has 2 heteroatoms. The van der Waals surface area contributed by atoms with E-state index in [1.165, 1.54) is 31.3 Å². The predicted molar refractivity (Wildman–Crippen MR) is 122 cm³/mol. The normalized spacial score (nSPS) is 28.2. The van der Waals surface area contributed by atoms with E-state index in [1.54, 1.807) is 0 Å². The molecule has 2 atom stereocenters. The van der Waals surface area contributed by atoms with E-state index >= 15 is 0 Å². The molecule has 0 heterocycles. The van der Waals surface area contributed by atoms with Gasteiger partial charge in [-0.1, -0.05) is 82.9 Å². The average Bonchev–Trinajstić information content (AvgIpc) is 3.31. The molecule has 0 amide bonds. The first-order chi connectivity index (χ1) is 13.7. The maximum absolute atomic E-state index is 12.1. The van der Waals surface area contributed by atoms with Gasteiger partial charge in [0.05, 0.1) is 12.2 Å². The Bertz CT molecular complexity index is 783. The van der Waals surface area contributed by atoms with Crippen molar-refractivity contribution in [1.29, 1.82) is 0 Å². The molecule has 158 valence electrons. The molecule has 3 rings (SSSR count). The van der Waals surface area contributed by atoms with Crippen molar-refractivity contribution in [3.63, 3.8) is 0 Å². The summed E-state index contributed by atoms with van der Waals surface area (Å²) in [6.45, 7) is 12.2. The minimum absolute atomic E-state index is 0.222. The van der Waals surface area contributed by atoms with Crippen molar-refractivity contribution in [2.45, 2.75) is 79.6 Å². The first kappa shape index (κ1) is 21.9. The zero-order valence-electron chi connectivity index (χ0n) is 19.0. The Hall–Kier alpha value is -1.83. The van der Waals surface area contributed by atoms with Crippen LogP contribution < -0.4 is 0 Å². The zero-order valence-corrected chi connectivity index (χ0v) is 19.0. The molecule has 1 aromatic carbocycles. The van der Waals surface area contributed by atoms with E-state index < -0.39 is 0 Å². The number of esters is 1. The summed E-state index contributed by atoms with van der Waals surface area (Å²) in [5.41, 5.74) is 4.24. The summed E-state index contributed by atoms with van der Waals surface area (Å²) < 4.78 is 5.34. The molecule has 0 saturated heterocycles. The molecule has 2 nitrogen and oxygen atoms in total. The van der Waals surface area contributed by atoms with Crippen LogP contribution in [0.5, 0.6) is 0 Å². The number of unbranched alkanes of at least 4 members (excludes halogenated alkanes) is 2. The lowest BCUT2D eigenvalue weighted by Crippen LogP contribution is -2.32. The van der Waals surface area contributed by atoms with E-state index in [-0.39, 0.29) is 5.97 Å². The number of ether oxygens (including phenoxy) is 1. The van der Waals surface area contributed by atoms with Gasteiger partial charge in [-0.15, -0.1) is 0 Å². The Kier molecular flexibility index (Phi) is 6.41. The van der Waals surface area contributed by atoms with Crippen LogP contribution >= 0.6 is 0 Å². The zero-order chi connectivity index (χ0) is 21.1. The summed E-state index contributed by atoms with van der Waals surface area (Å²) in [6, 6.07) is 7.74. The molecular weight excluding hydrogens is 356 g/mol. The molecule has 0 radical (unpaired) electrons. The molecule has 0 bridgehead atoms. The highest BCUT2D eigenvalue weighted by molar-refractivity contribution is 5.89. The van der Waals surface area contributed by atoms with E-state index in [2.05, 4.69) is 52.8 Å². The molecule has 2 fully saturated rings. The number of fused-ring (bicyclic) bond motifs is 1. The fourth-order valence-corrected chi connectivity index (χ4v) is 5.47. The minimum Gasteiger partial charge on any atom is -0.462 e. The number of carbonyl (C=O) groups is 1. The van der Waals surface area contributed by atoms with Crippen molar-refractivity contribution in [3.05, 3.63) is 53.1 Å². The van der Waals surface area contributed by atoms with Crippen molar-refractivity contribution < 1.29 is 9.53 Å².